The average molecular weight is 408 g/mol. The molecule has 0 unspecified atom stereocenters. The third-order valence-corrected chi connectivity index (χ3v) is 3.99. The quantitative estimate of drug-likeness (QED) is 0.689. The van der Waals surface area contributed by atoms with Crippen molar-refractivity contribution in [2.75, 3.05) is 13.7 Å². The Morgan fingerprint density at radius 2 is 1.62 bits per heavy atom. The fourth-order valence-electron chi connectivity index (χ4n) is 2.50. The molecule has 1 atom stereocenters. The van der Waals surface area contributed by atoms with Crippen LogP contribution in [0.1, 0.15) is 21.5 Å². The normalized spacial score (nSPS) is 12.0. The predicted molar refractivity (Wildman–Crippen MR) is 97.9 cm³/mol. The zero-order valence-corrected chi connectivity index (χ0v) is 15.5. The van der Waals surface area contributed by atoms with Crippen molar-refractivity contribution in [3.63, 3.8) is 0 Å². The number of rotatable bonds is 7. The lowest BCUT2D eigenvalue weighted by atomic mass is 10.0. The molecule has 2 N–H and O–H groups in total. The highest BCUT2D eigenvalue weighted by molar-refractivity contribution is 5.96. The summed E-state index contributed by atoms with van der Waals surface area (Å²) >= 11 is 0. The minimum atomic E-state index is -4.47. The lowest BCUT2D eigenvalue weighted by Crippen LogP contribution is -2.47. The summed E-state index contributed by atoms with van der Waals surface area (Å²) in [5, 5.41) is 4.84. The molecule has 2 aromatic carbocycles. The lowest BCUT2D eigenvalue weighted by Gasteiger charge is -2.17. The van der Waals surface area contributed by atoms with Gasteiger partial charge in [0.05, 0.1) is 19.2 Å². The number of esters is 1. The third kappa shape index (κ3) is 6.63. The van der Waals surface area contributed by atoms with E-state index in [-0.39, 0.29) is 13.0 Å². The standard InChI is InChI=1S/C20H19F3N2O4/c1-29-19(28)16(11-13-7-9-15(10-8-13)20(21,22)23)25-17(26)12-24-18(27)14-5-3-2-4-6-14/h2-10,16H,11-12H2,1H3,(H,24,27)(H,25,26)/t16-/m1/s1. The Kier molecular flexibility index (Phi) is 7.35. The van der Waals surface area contributed by atoms with E-state index in [1.165, 1.54) is 12.1 Å². The van der Waals surface area contributed by atoms with Crippen LogP contribution >= 0.6 is 0 Å². The molecule has 0 aliphatic carbocycles. The minimum Gasteiger partial charge on any atom is -0.467 e. The van der Waals surface area contributed by atoms with E-state index in [0.29, 0.717) is 11.1 Å². The molecule has 2 aromatic rings. The summed E-state index contributed by atoms with van der Waals surface area (Å²) in [4.78, 5) is 36.0. The van der Waals surface area contributed by atoms with Crippen molar-refractivity contribution < 1.29 is 32.3 Å². The first-order chi connectivity index (χ1) is 13.7. The fourth-order valence-corrected chi connectivity index (χ4v) is 2.50. The second-order valence-corrected chi connectivity index (χ2v) is 6.09. The van der Waals surface area contributed by atoms with Gasteiger partial charge in [0.15, 0.2) is 0 Å². The van der Waals surface area contributed by atoms with E-state index in [1.807, 2.05) is 0 Å². The fraction of sp³-hybridized carbons (Fsp3) is 0.250. The molecular weight excluding hydrogens is 389 g/mol. The van der Waals surface area contributed by atoms with E-state index in [0.717, 1.165) is 19.2 Å². The number of benzene rings is 2. The van der Waals surface area contributed by atoms with Crippen molar-refractivity contribution in [2.45, 2.75) is 18.6 Å². The number of ether oxygens (including phenoxy) is 1. The van der Waals surface area contributed by atoms with Gasteiger partial charge in [-0.2, -0.15) is 13.2 Å². The molecule has 0 fully saturated rings. The highest BCUT2D eigenvalue weighted by atomic mass is 19.4. The summed E-state index contributed by atoms with van der Waals surface area (Å²) < 4.78 is 42.6. The Balaban J connectivity index is 1.96. The first-order valence-electron chi connectivity index (χ1n) is 8.57. The second-order valence-electron chi connectivity index (χ2n) is 6.09. The molecule has 0 saturated carbocycles. The van der Waals surface area contributed by atoms with Crippen molar-refractivity contribution in [3.8, 4) is 0 Å². The number of alkyl halides is 3. The molecule has 0 aromatic heterocycles. The Labute approximate surface area is 165 Å². The van der Waals surface area contributed by atoms with Crippen molar-refractivity contribution >= 4 is 17.8 Å². The van der Waals surface area contributed by atoms with Crippen molar-refractivity contribution in [3.05, 3.63) is 71.3 Å². The van der Waals surface area contributed by atoms with Crippen molar-refractivity contribution in [2.24, 2.45) is 0 Å². The monoisotopic (exact) mass is 408 g/mol. The van der Waals surface area contributed by atoms with Crippen LogP contribution in [-0.2, 0) is 26.9 Å². The van der Waals surface area contributed by atoms with Crippen LogP contribution in [0.2, 0.25) is 0 Å². The largest absolute Gasteiger partial charge is 0.467 e. The van der Waals surface area contributed by atoms with Crippen LogP contribution < -0.4 is 10.6 Å². The molecule has 29 heavy (non-hydrogen) atoms. The van der Waals surface area contributed by atoms with Crippen LogP contribution in [0.4, 0.5) is 13.2 Å². The third-order valence-electron chi connectivity index (χ3n) is 3.99. The maximum Gasteiger partial charge on any atom is 0.416 e. The summed E-state index contributed by atoms with van der Waals surface area (Å²) in [6.45, 7) is -0.381. The van der Waals surface area contributed by atoms with Gasteiger partial charge in [-0.25, -0.2) is 4.79 Å². The number of halogens is 3. The SMILES string of the molecule is COC(=O)[C@@H](Cc1ccc(C(F)(F)F)cc1)NC(=O)CNC(=O)c1ccccc1. The number of amides is 2. The highest BCUT2D eigenvalue weighted by Gasteiger charge is 2.30. The molecule has 0 aliphatic heterocycles. The molecule has 0 saturated heterocycles. The molecule has 0 aliphatic rings. The molecule has 154 valence electrons. The molecule has 2 rings (SSSR count). The van der Waals surface area contributed by atoms with Crippen molar-refractivity contribution in [1.82, 2.24) is 10.6 Å². The van der Waals surface area contributed by atoms with E-state index in [4.69, 9.17) is 0 Å². The van der Waals surface area contributed by atoms with Gasteiger partial charge in [-0.1, -0.05) is 30.3 Å². The van der Waals surface area contributed by atoms with Crippen LogP contribution in [0.5, 0.6) is 0 Å². The molecule has 0 heterocycles. The predicted octanol–water partition coefficient (Wildman–Crippen LogP) is 2.34. The average Bonchev–Trinajstić information content (AvgIpc) is 2.71. The number of carbonyl (C=O) groups excluding carboxylic acids is 3. The number of carbonyl (C=O) groups is 3. The van der Waals surface area contributed by atoms with Crippen LogP contribution in [0.15, 0.2) is 54.6 Å². The number of hydrogen-bond acceptors (Lipinski definition) is 4. The Hall–Kier alpha value is -3.36. The lowest BCUT2D eigenvalue weighted by molar-refractivity contribution is -0.145. The van der Waals surface area contributed by atoms with Gasteiger partial charge >= 0.3 is 12.1 Å². The van der Waals surface area contributed by atoms with Crippen molar-refractivity contribution in [1.29, 1.82) is 0 Å². The molecule has 0 spiro atoms. The first kappa shape index (κ1) is 21.9. The van der Waals surface area contributed by atoms with Gasteiger partial charge in [0.25, 0.3) is 5.91 Å². The Morgan fingerprint density at radius 3 is 2.17 bits per heavy atom. The number of methoxy groups -OCH3 is 1. The molecule has 2 amide bonds. The van der Waals surface area contributed by atoms with Crippen LogP contribution in [0, 0.1) is 0 Å². The number of nitrogens with one attached hydrogen (secondary N) is 2. The van der Waals surface area contributed by atoms with Crippen LogP contribution in [0.25, 0.3) is 0 Å². The molecule has 6 nitrogen and oxygen atoms in total. The topological polar surface area (TPSA) is 84.5 Å². The summed E-state index contributed by atoms with van der Waals surface area (Å²) in [5.74, 6) is -1.86. The number of hydrogen-bond donors (Lipinski definition) is 2. The van der Waals surface area contributed by atoms with Gasteiger partial charge in [-0.05, 0) is 29.8 Å². The van der Waals surface area contributed by atoms with E-state index >= 15 is 0 Å². The van der Waals surface area contributed by atoms with Crippen LogP contribution in [0.3, 0.4) is 0 Å². The van der Waals surface area contributed by atoms with Gasteiger partial charge in [-0.15, -0.1) is 0 Å². The molecule has 9 heteroatoms. The van der Waals surface area contributed by atoms with Crippen LogP contribution in [-0.4, -0.2) is 37.5 Å². The van der Waals surface area contributed by atoms with Gasteiger partial charge in [-0.3, -0.25) is 9.59 Å². The summed E-state index contributed by atoms with van der Waals surface area (Å²) in [6, 6.07) is 11.4. The van der Waals surface area contributed by atoms with E-state index in [2.05, 4.69) is 15.4 Å². The molecule has 0 radical (unpaired) electrons. The van der Waals surface area contributed by atoms with Gasteiger partial charge in [0, 0.05) is 12.0 Å². The highest BCUT2D eigenvalue weighted by Crippen LogP contribution is 2.29. The Morgan fingerprint density at radius 1 is 1.00 bits per heavy atom. The van der Waals surface area contributed by atoms with E-state index in [1.54, 1.807) is 30.3 Å². The Bertz CT molecular complexity index is 852. The smallest absolute Gasteiger partial charge is 0.416 e. The maximum atomic E-state index is 12.6. The molecule has 0 bridgehead atoms. The second kappa shape index (κ2) is 9.72. The molecular formula is C20H19F3N2O4. The van der Waals surface area contributed by atoms with E-state index in [9.17, 15) is 27.6 Å². The first-order valence-corrected chi connectivity index (χ1v) is 8.57. The zero-order chi connectivity index (χ0) is 21.4. The summed E-state index contributed by atoms with van der Waals surface area (Å²) in [6.07, 6.45) is -4.53. The zero-order valence-electron chi connectivity index (χ0n) is 15.5. The van der Waals surface area contributed by atoms with Gasteiger partial charge < -0.3 is 15.4 Å². The van der Waals surface area contributed by atoms with E-state index < -0.39 is 35.6 Å². The minimum absolute atomic E-state index is 0.0663. The van der Waals surface area contributed by atoms with Gasteiger partial charge in [0.2, 0.25) is 5.91 Å². The summed E-state index contributed by atoms with van der Waals surface area (Å²) in [5.41, 5.74) is -0.0416. The van der Waals surface area contributed by atoms with Gasteiger partial charge in [0.1, 0.15) is 6.04 Å². The maximum absolute atomic E-state index is 12.6. The summed E-state index contributed by atoms with van der Waals surface area (Å²) in [7, 11) is 1.13.